The number of rotatable bonds is 4. The number of ketones is 1. The topological polar surface area (TPSA) is 106 Å². The molecular formula is C10H12F3N5O3. The molecule has 0 bridgehead atoms. The molecule has 0 fully saturated rings. The second kappa shape index (κ2) is 6.33. The van der Waals surface area contributed by atoms with Gasteiger partial charge in [0.15, 0.2) is 5.69 Å². The first-order valence-corrected chi connectivity index (χ1v) is 5.78. The van der Waals surface area contributed by atoms with Gasteiger partial charge in [0.1, 0.15) is 6.04 Å². The summed E-state index contributed by atoms with van der Waals surface area (Å²) < 4.78 is 37.4. The van der Waals surface area contributed by atoms with E-state index >= 15 is 0 Å². The van der Waals surface area contributed by atoms with Crippen LogP contribution >= 0.6 is 0 Å². The van der Waals surface area contributed by atoms with E-state index < -0.39 is 35.6 Å². The van der Waals surface area contributed by atoms with Crippen LogP contribution < -0.4 is 10.6 Å². The predicted molar refractivity (Wildman–Crippen MR) is 62.3 cm³/mol. The van der Waals surface area contributed by atoms with Gasteiger partial charge >= 0.3 is 12.2 Å². The van der Waals surface area contributed by atoms with Crippen molar-refractivity contribution in [3.05, 3.63) is 11.9 Å². The summed E-state index contributed by atoms with van der Waals surface area (Å²) in [5.41, 5.74) is -0.930. The van der Waals surface area contributed by atoms with Crippen LogP contribution in [0, 0.1) is 0 Å². The van der Waals surface area contributed by atoms with Crippen molar-refractivity contribution in [2.45, 2.75) is 26.1 Å². The minimum Gasteiger partial charge on any atom is -0.338 e. The number of halogens is 3. The lowest BCUT2D eigenvalue weighted by Crippen LogP contribution is -2.42. The average molecular weight is 307 g/mol. The standard InChI is InChI=1S/C10H12F3N5O3/c1-3-14-9(21)15-8(20)5(2)18-4-6(16-17-18)7(19)10(11,12)13/h4-5H,3H2,1-2H3,(H2,14,15,20,21). The number of carbonyl (C=O) groups excluding carboxylic acids is 3. The molecular weight excluding hydrogens is 295 g/mol. The van der Waals surface area contributed by atoms with Gasteiger partial charge in [0.05, 0.1) is 6.20 Å². The van der Waals surface area contributed by atoms with Gasteiger partial charge in [0.25, 0.3) is 11.7 Å². The van der Waals surface area contributed by atoms with Crippen LogP contribution in [-0.2, 0) is 4.79 Å². The smallest absolute Gasteiger partial charge is 0.338 e. The van der Waals surface area contributed by atoms with Crippen molar-refractivity contribution < 1.29 is 27.6 Å². The van der Waals surface area contributed by atoms with Gasteiger partial charge < -0.3 is 5.32 Å². The zero-order chi connectivity index (χ0) is 16.2. The first kappa shape index (κ1) is 16.6. The van der Waals surface area contributed by atoms with Crippen molar-refractivity contribution in [1.82, 2.24) is 25.6 Å². The number of hydrogen-bond acceptors (Lipinski definition) is 5. The summed E-state index contributed by atoms with van der Waals surface area (Å²) in [6.07, 6.45) is -4.38. The van der Waals surface area contributed by atoms with Gasteiger partial charge in [0.2, 0.25) is 0 Å². The van der Waals surface area contributed by atoms with Gasteiger partial charge in [-0.25, -0.2) is 9.48 Å². The Bertz CT molecular complexity index is 554. The highest BCUT2D eigenvalue weighted by molar-refractivity contribution is 5.98. The molecule has 0 aromatic carbocycles. The molecule has 3 amide bonds. The van der Waals surface area contributed by atoms with Crippen LogP contribution in [-0.4, -0.2) is 45.4 Å². The predicted octanol–water partition coefficient (Wildman–Crippen LogP) is 0.430. The largest absolute Gasteiger partial charge is 0.456 e. The molecule has 0 aliphatic carbocycles. The molecule has 0 spiro atoms. The van der Waals surface area contributed by atoms with E-state index in [0.29, 0.717) is 12.7 Å². The number of alkyl halides is 3. The van der Waals surface area contributed by atoms with Crippen molar-refractivity contribution >= 4 is 17.7 Å². The number of hydrogen-bond donors (Lipinski definition) is 2. The van der Waals surface area contributed by atoms with Crippen LogP contribution in [0.15, 0.2) is 6.20 Å². The fourth-order valence-electron chi connectivity index (χ4n) is 1.26. The van der Waals surface area contributed by atoms with E-state index in [0.717, 1.165) is 4.68 Å². The molecule has 1 aromatic heterocycles. The zero-order valence-electron chi connectivity index (χ0n) is 11.1. The van der Waals surface area contributed by atoms with Crippen molar-refractivity contribution in [2.24, 2.45) is 0 Å². The van der Waals surface area contributed by atoms with Crippen molar-refractivity contribution in [3.63, 3.8) is 0 Å². The van der Waals surface area contributed by atoms with E-state index in [4.69, 9.17) is 0 Å². The molecule has 1 aromatic rings. The molecule has 21 heavy (non-hydrogen) atoms. The molecule has 2 N–H and O–H groups in total. The summed E-state index contributed by atoms with van der Waals surface area (Å²) in [5.74, 6) is -2.97. The summed E-state index contributed by atoms with van der Waals surface area (Å²) in [7, 11) is 0. The number of Topliss-reactive ketones (excluding diaryl/α,β-unsaturated/α-hetero) is 1. The maximum atomic E-state index is 12.2. The van der Waals surface area contributed by atoms with Crippen molar-refractivity contribution in [2.75, 3.05) is 6.54 Å². The molecule has 1 rings (SSSR count). The highest BCUT2D eigenvalue weighted by Gasteiger charge is 2.41. The Balaban J connectivity index is 2.78. The first-order chi connectivity index (χ1) is 9.66. The quantitative estimate of drug-likeness (QED) is 0.785. The van der Waals surface area contributed by atoms with Gasteiger partial charge in [-0.05, 0) is 13.8 Å². The van der Waals surface area contributed by atoms with Crippen LogP contribution in [0.5, 0.6) is 0 Å². The van der Waals surface area contributed by atoms with Gasteiger partial charge in [0, 0.05) is 6.54 Å². The second-order valence-corrected chi connectivity index (χ2v) is 3.94. The number of aromatic nitrogens is 3. The summed E-state index contributed by atoms with van der Waals surface area (Å²) in [5, 5.41) is 10.6. The number of urea groups is 1. The Morgan fingerprint density at radius 1 is 1.38 bits per heavy atom. The van der Waals surface area contributed by atoms with Gasteiger partial charge in [-0.1, -0.05) is 5.21 Å². The highest BCUT2D eigenvalue weighted by atomic mass is 19.4. The first-order valence-electron chi connectivity index (χ1n) is 5.78. The number of carbonyl (C=O) groups is 3. The maximum absolute atomic E-state index is 12.2. The van der Waals surface area contributed by atoms with Crippen molar-refractivity contribution in [1.29, 1.82) is 0 Å². The molecule has 1 heterocycles. The number of nitrogens with zero attached hydrogens (tertiary/aromatic N) is 3. The molecule has 1 atom stereocenters. The van der Waals surface area contributed by atoms with Crippen LogP contribution in [0.25, 0.3) is 0 Å². The molecule has 116 valence electrons. The fraction of sp³-hybridized carbons (Fsp3) is 0.500. The number of imide groups is 1. The summed E-state index contributed by atoms with van der Waals surface area (Å²) >= 11 is 0. The number of amides is 3. The Labute approximate surface area is 116 Å². The van der Waals surface area contributed by atoms with E-state index in [9.17, 15) is 27.6 Å². The SMILES string of the molecule is CCNC(=O)NC(=O)C(C)n1cc(C(=O)C(F)(F)F)nn1. The average Bonchev–Trinajstić information content (AvgIpc) is 2.85. The lowest BCUT2D eigenvalue weighted by molar-refractivity contribution is -0.123. The molecule has 0 aliphatic heterocycles. The Kier molecular flexibility index (Phi) is 5.00. The molecule has 0 radical (unpaired) electrons. The summed E-state index contributed by atoms with van der Waals surface area (Å²) in [6, 6.07) is -1.86. The normalized spacial score (nSPS) is 12.6. The van der Waals surface area contributed by atoms with Crippen LogP contribution in [0.1, 0.15) is 30.4 Å². The number of nitrogens with one attached hydrogen (secondary N) is 2. The maximum Gasteiger partial charge on any atom is 0.456 e. The summed E-state index contributed by atoms with van der Waals surface area (Å²) in [6.45, 7) is 3.21. The van der Waals surface area contributed by atoms with Gasteiger partial charge in [-0.2, -0.15) is 13.2 Å². The lowest BCUT2D eigenvalue weighted by atomic mass is 10.3. The Morgan fingerprint density at radius 2 is 2.00 bits per heavy atom. The van der Waals surface area contributed by atoms with E-state index in [1.807, 2.05) is 5.32 Å². The van der Waals surface area contributed by atoms with Gasteiger partial charge in [-0.3, -0.25) is 14.9 Å². The minimum atomic E-state index is -5.08. The van der Waals surface area contributed by atoms with Gasteiger partial charge in [-0.15, -0.1) is 5.10 Å². The van der Waals surface area contributed by atoms with E-state index in [1.165, 1.54) is 6.92 Å². The third-order valence-corrected chi connectivity index (χ3v) is 2.35. The lowest BCUT2D eigenvalue weighted by Gasteiger charge is -2.11. The van der Waals surface area contributed by atoms with E-state index in [2.05, 4.69) is 15.6 Å². The molecule has 11 heteroatoms. The van der Waals surface area contributed by atoms with Crippen LogP contribution in [0.4, 0.5) is 18.0 Å². The molecule has 0 saturated carbocycles. The third-order valence-electron chi connectivity index (χ3n) is 2.35. The highest BCUT2D eigenvalue weighted by Crippen LogP contribution is 2.20. The molecule has 0 saturated heterocycles. The minimum absolute atomic E-state index is 0.293. The second-order valence-electron chi connectivity index (χ2n) is 3.94. The van der Waals surface area contributed by atoms with Crippen molar-refractivity contribution in [3.8, 4) is 0 Å². The molecule has 1 unspecified atom stereocenters. The third kappa shape index (κ3) is 4.26. The monoisotopic (exact) mass is 307 g/mol. The zero-order valence-corrected chi connectivity index (χ0v) is 11.1. The van der Waals surface area contributed by atoms with Crippen LogP contribution in [0.3, 0.4) is 0 Å². The molecule has 0 aliphatic rings. The van der Waals surface area contributed by atoms with Crippen LogP contribution in [0.2, 0.25) is 0 Å². The van der Waals surface area contributed by atoms with E-state index in [-0.39, 0.29) is 0 Å². The Hall–Kier alpha value is -2.46. The molecule has 8 nitrogen and oxygen atoms in total. The fourth-order valence-corrected chi connectivity index (χ4v) is 1.26. The van der Waals surface area contributed by atoms with E-state index in [1.54, 1.807) is 6.92 Å². The summed E-state index contributed by atoms with van der Waals surface area (Å²) in [4.78, 5) is 33.7. The Morgan fingerprint density at radius 3 is 2.52 bits per heavy atom.